The van der Waals surface area contributed by atoms with E-state index in [0.717, 1.165) is 18.5 Å². The molecule has 1 atom stereocenters. The Hall–Kier alpha value is -2.48. The lowest BCUT2D eigenvalue weighted by molar-refractivity contribution is 0.371. The molecule has 0 saturated carbocycles. The Kier molecular flexibility index (Phi) is 6.84. The van der Waals surface area contributed by atoms with Crippen LogP contribution in [0.5, 0.6) is 0 Å². The summed E-state index contributed by atoms with van der Waals surface area (Å²) in [6.07, 6.45) is 3.78. The van der Waals surface area contributed by atoms with Gasteiger partial charge in [0, 0.05) is 32.3 Å². The average molecular weight is 413 g/mol. The number of nitrogens with one attached hydrogen (secondary N) is 1. The Labute approximate surface area is 173 Å². The summed E-state index contributed by atoms with van der Waals surface area (Å²) in [5, 5.41) is 3.94. The summed E-state index contributed by atoms with van der Waals surface area (Å²) in [6.45, 7) is 1.16. The number of rotatable bonds is 9. The van der Waals surface area contributed by atoms with Crippen molar-refractivity contribution < 1.29 is 8.42 Å². The van der Waals surface area contributed by atoms with Crippen molar-refractivity contribution in [3.63, 3.8) is 0 Å². The molecule has 0 saturated heterocycles. The highest BCUT2D eigenvalue weighted by Crippen LogP contribution is 2.23. The Morgan fingerprint density at radius 3 is 2.45 bits per heavy atom. The van der Waals surface area contributed by atoms with Crippen LogP contribution in [-0.4, -0.2) is 43.7 Å². The molecule has 1 unspecified atom stereocenters. The van der Waals surface area contributed by atoms with Gasteiger partial charge in [0.25, 0.3) is 0 Å². The quantitative estimate of drug-likeness (QED) is 0.587. The van der Waals surface area contributed by atoms with Gasteiger partial charge in [0.1, 0.15) is 4.90 Å². The lowest BCUT2D eigenvalue weighted by Gasteiger charge is -2.22. The summed E-state index contributed by atoms with van der Waals surface area (Å²) in [7, 11) is 2.26. The normalized spacial score (nSPS) is 13.0. The second-order valence-electron chi connectivity index (χ2n) is 7.57. The van der Waals surface area contributed by atoms with Crippen LogP contribution in [0.4, 0.5) is 0 Å². The minimum atomic E-state index is -3.58. The van der Waals surface area contributed by atoms with Crippen molar-refractivity contribution in [2.75, 3.05) is 20.6 Å². The van der Waals surface area contributed by atoms with Crippen LogP contribution in [0.25, 0.3) is 0 Å². The maximum Gasteiger partial charge on any atom is 0.243 e. The van der Waals surface area contributed by atoms with E-state index in [1.165, 1.54) is 28.2 Å². The van der Waals surface area contributed by atoms with Crippen molar-refractivity contribution in [2.24, 2.45) is 7.05 Å². The predicted molar refractivity (Wildman–Crippen MR) is 115 cm³/mol. The van der Waals surface area contributed by atoms with Gasteiger partial charge in [-0.15, -0.1) is 0 Å². The van der Waals surface area contributed by atoms with E-state index in [0.29, 0.717) is 5.92 Å². The number of hydrogen-bond donors (Lipinski definition) is 1. The fourth-order valence-corrected chi connectivity index (χ4v) is 4.38. The van der Waals surface area contributed by atoms with Gasteiger partial charge in [0.15, 0.2) is 0 Å². The molecule has 1 aromatic heterocycles. The minimum absolute atomic E-state index is 0.172. The largest absolute Gasteiger partial charge is 0.309 e. The van der Waals surface area contributed by atoms with Crippen molar-refractivity contribution in [3.05, 3.63) is 83.7 Å². The lowest BCUT2D eigenvalue weighted by atomic mass is 9.90. The summed E-state index contributed by atoms with van der Waals surface area (Å²) in [5.74, 6) is 0.322. The highest BCUT2D eigenvalue weighted by Gasteiger charge is 2.17. The molecule has 0 aliphatic heterocycles. The number of hydrogen-bond acceptors (Lipinski definition) is 4. The van der Waals surface area contributed by atoms with Crippen LogP contribution in [0.3, 0.4) is 0 Å². The molecule has 0 fully saturated rings. The topological polar surface area (TPSA) is 67.2 Å². The second-order valence-corrected chi connectivity index (χ2v) is 9.34. The van der Waals surface area contributed by atoms with Crippen LogP contribution in [0.2, 0.25) is 0 Å². The molecule has 29 heavy (non-hydrogen) atoms. The molecule has 1 heterocycles. The standard InChI is InChI=1S/C22H28N4O2S/c1-25(2)16-21(12-18-8-5-4-6-9-18)20-11-7-10-19(13-20)14-24-29(27,28)22-15-23-26(3)17-22/h4-11,13,15,17,21,24H,12,14,16H2,1-3H3. The molecular weight excluding hydrogens is 384 g/mol. The third-order valence-electron chi connectivity index (χ3n) is 4.79. The monoisotopic (exact) mass is 412 g/mol. The van der Waals surface area contributed by atoms with E-state index in [9.17, 15) is 8.42 Å². The van der Waals surface area contributed by atoms with E-state index in [4.69, 9.17) is 0 Å². The Balaban J connectivity index is 1.75. The predicted octanol–water partition coefficient (Wildman–Crippen LogP) is 2.79. The fraction of sp³-hybridized carbons (Fsp3) is 0.318. The van der Waals surface area contributed by atoms with Gasteiger partial charge in [-0.05, 0) is 37.2 Å². The Bertz CT molecular complexity index is 1030. The van der Waals surface area contributed by atoms with Gasteiger partial charge in [0.05, 0.1) is 6.20 Å². The molecule has 7 heteroatoms. The molecule has 0 spiro atoms. The van der Waals surface area contributed by atoms with Crippen LogP contribution in [-0.2, 0) is 30.0 Å². The number of aromatic nitrogens is 2. The Morgan fingerprint density at radius 1 is 1.07 bits per heavy atom. The van der Waals surface area contributed by atoms with Gasteiger partial charge >= 0.3 is 0 Å². The number of sulfonamides is 1. The maximum absolute atomic E-state index is 12.5. The maximum atomic E-state index is 12.5. The number of nitrogens with zero attached hydrogens (tertiary/aromatic N) is 3. The fourth-order valence-electron chi connectivity index (χ4n) is 3.38. The van der Waals surface area contributed by atoms with Gasteiger partial charge in [-0.1, -0.05) is 54.6 Å². The number of likely N-dealkylation sites (N-methyl/N-ethyl adjacent to an activating group) is 1. The van der Waals surface area contributed by atoms with E-state index in [1.54, 1.807) is 7.05 Å². The smallest absolute Gasteiger partial charge is 0.243 e. The zero-order chi connectivity index (χ0) is 20.9. The first-order valence-electron chi connectivity index (χ1n) is 9.59. The molecule has 2 aromatic carbocycles. The first-order chi connectivity index (χ1) is 13.8. The molecule has 154 valence electrons. The minimum Gasteiger partial charge on any atom is -0.309 e. The van der Waals surface area contributed by atoms with Crippen LogP contribution >= 0.6 is 0 Å². The van der Waals surface area contributed by atoms with Gasteiger partial charge in [-0.2, -0.15) is 5.10 Å². The van der Waals surface area contributed by atoms with E-state index < -0.39 is 10.0 Å². The summed E-state index contributed by atoms with van der Waals surface area (Å²) < 4.78 is 29.1. The Morgan fingerprint density at radius 2 is 1.79 bits per heavy atom. The van der Waals surface area contributed by atoms with Crippen LogP contribution < -0.4 is 4.72 Å². The third-order valence-corrected chi connectivity index (χ3v) is 6.15. The summed E-state index contributed by atoms with van der Waals surface area (Å²) >= 11 is 0. The zero-order valence-corrected chi connectivity index (χ0v) is 17.9. The molecule has 0 bridgehead atoms. The van der Waals surface area contributed by atoms with Gasteiger partial charge in [-0.3, -0.25) is 4.68 Å². The van der Waals surface area contributed by atoms with Crippen molar-refractivity contribution in [1.29, 1.82) is 0 Å². The van der Waals surface area contributed by atoms with E-state index in [2.05, 4.69) is 65.2 Å². The van der Waals surface area contributed by atoms with Crippen molar-refractivity contribution in [1.82, 2.24) is 19.4 Å². The summed E-state index contributed by atoms with van der Waals surface area (Å²) in [6, 6.07) is 18.6. The SMILES string of the molecule is CN(C)CC(Cc1ccccc1)c1cccc(CNS(=O)(=O)c2cnn(C)c2)c1. The van der Waals surface area contributed by atoms with E-state index in [1.807, 2.05) is 18.2 Å². The highest BCUT2D eigenvalue weighted by atomic mass is 32.2. The van der Waals surface area contributed by atoms with E-state index >= 15 is 0 Å². The second kappa shape index (κ2) is 9.35. The zero-order valence-electron chi connectivity index (χ0n) is 17.1. The molecule has 0 aliphatic rings. The molecular formula is C22H28N4O2S. The average Bonchev–Trinajstić information content (AvgIpc) is 3.14. The lowest BCUT2D eigenvalue weighted by Crippen LogP contribution is -2.24. The van der Waals surface area contributed by atoms with Crippen LogP contribution in [0.1, 0.15) is 22.6 Å². The number of benzene rings is 2. The van der Waals surface area contributed by atoms with Gasteiger partial charge in [-0.25, -0.2) is 13.1 Å². The molecule has 3 rings (SSSR count). The highest BCUT2D eigenvalue weighted by molar-refractivity contribution is 7.89. The van der Waals surface area contributed by atoms with Gasteiger partial charge < -0.3 is 4.90 Å². The summed E-state index contributed by atoms with van der Waals surface area (Å²) in [5.41, 5.74) is 3.44. The number of aryl methyl sites for hydroxylation is 1. The first kappa shape index (κ1) is 21.2. The van der Waals surface area contributed by atoms with Crippen molar-refractivity contribution in [3.8, 4) is 0 Å². The van der Waals surface area contributed by atoms with Crippen LogP contribution in [0.15, 0.2) is 71.9 Å². The van der Waals surface area contributed by atoms with Gasteiger partial charge in [0.2, 0.25) is 10.0 Å². The van der Waals surface area contributed by atoms with Crippen molar-refractivity contribution in [2.45, 2.75) is 23.8 Å². The molecule has 0 amide bonds. The first-order valence-corrected chi connectivity index (χ1v) is 11.1. The van der Waals surface area contributed by atoms with Crippen molar-refractivity contribution >= 4 is 10.0 Å². The molecule has 6 nitrogen and oxygen atoms in total. The third kappa shape index (κ3) is 6.00. The molecule has 0 radical (unpaired) electrons. The van der Waals surface area contributed by atoms with Crippen LogP contribution in [0, 0.1) is 0 Å². The molecule has 0 aliphatic carbocycles. The molecule has 3 aromatic rings. The summed E-state index contributed by atoms with van der Waals surface area (Å²) in [4.78, 5) is 2.36. The molecule has 1 N–H and O–H groups in total. The van der Waals surface area contributed by atoms with E-state index in [-0.39, 0.29) is 11.4 Å².